The molecule has 1 heterocycles. The molecule has 2 bridgehead atoms. The van der Waals surface area contributed by atoms with Gasteiger partial charge in [0, 0.05) is 12.5 Å². The van der Waals surface area contributed by atoms with Crippen molar-refractivity contribution in [1.82, 2.24) is 9.78 Å². The average molecular weight is 287 g/mol. The van der Waals surface area contributed by atoms with Gasteiger partial charge in [0.1, 0.15) is 5.82 Å². The maximum Gasteiger partial charge on any atom is 0.225 e. The van der Waals surface area contributed by atoms with Crippen molar-refractivity contribution in [3.63, 3.8) is 0 Å². The van der Waals surface area contributed by atoms with Crippen molar-refractivity contribution < 1.29 is 4.79 Å². The van der Waals surface area contributed by atoms with Crippen molar-refractivity contribution in [3.8, 4) is 0 Å². The van der Waals surface area contributed by atoms with E-state index in [2.05, 4.69) is 10.4 Å². The molecular weight excluding hydrogens is 262 g/mol. The zero-order chi connectivity index (χ0) is 14.2. The van der Waals surface area contributed by atoms with Gasteiger partial charge in [0.05, 0.1) is 12.2 Å². The van der Waals surface area contributed by atoms with E-state index in [1.807, 2.05) is 16.9 Å². The van der Waals surface area contributed by atoms with Gasteiger partial charge in [-0.3, -0.25) is 4.79 Å². The molecule has 0 aromatic carbocycles. The van der Waals surface area contributed by atoms with Crippen molar-refractivity contribution >= 4 is 11.7 Å². The largest absolute Gasteiger partial charge is 0.311 e. The summed E-state index contributed by atoms with van der Waals surface area (Å²) in [7, 11) is 0. The average Bonchev–Trinajstić information content (AvgIpc) is 3.23. The number of hydrogen-bond acceptors (Lipinski definition) is 2. The van der Waals surface area contributed by atoms with Crippen LogP contribution < -0.4 is 5.32 Å². The predicted octanol–water partition coefficient (Wildman–Crippen LogP) is 3.76. The highest BCUT2D eigenvalue weighted by Gasteiger charge is 2.40. The first kappa shape index (κ1) is 13.4. The number of anilines is 1. The molecule has 3 atom stereocenters. The first-order valence-electron chi connectivity index (χ1n) is 8.63. The lowest BCUT2D eigenvalue weighted by molar-refractivity contribution is -0.117. The van der Waals surface area contributed by atoms with E-state index in [9.17, 15) is 4.79 Å². The van der Waals surface area contributed by atoms with E-state index in [1.54, 1.807) is 0 Å². The van der Waals surface area contributed by atoms with E-state index < -0.39 is 0 Å². The fourth-order valence-corrected chi connectivity index (χ4v) is 4.91. The van der Waals surface area contributed by atoms with Crippen LogP contribution in [0.25, 0.3) is 0 Å². The Morgan fingerprint density at radius 1 is 1.24 bits per heavy atom. The lowest BCUT2D eigenvalue weighted by Gasteiger charge is -2.21. The third-order valence-electron chi connectivity index (χ3n) is 5.94. The molecule has 0 spiro atoms. The summed E-state index contributed by atoms with van der Waals surface area (Å²) in [5.41, 5.74) is 0. The summed E-state index contributed by atoms with van der Waals surface area (Å²) in [5, 5.41) is 7.54. The Morgan fingerprint density at radius 2 is 2.10 bits per heavy atom. The lowest BCUT2D eigenvalue weighted by Crippen LogP contribution is -2.22. The van der Waals surface area contributed by atoms with Gasteiger partial charge in [-0.25, -0.2) is 4.68 Å². The Labute approximate surface area is 126 Å². The van der Waals surface area contributed by atoms with E-state index in [0.717, 1.165) is 17.7 Å². The third kappa shape index (κ3) is 2.60. The summed E-state index contributed by atoms with van der Waals surface area (Å²) in [4.78, 5) is 12.4. The smallest absolute Gasteiger partial charge is 0.225 e. The second-order valence-electron chi connectivity index (χ2n) is 7.29. The van der Waals surface area contributed by atoms with Crippen molar-refractivity contribution in [2.24, 2.45) is 17.8 Å². The van der Waals surface area contributed by atoms with Gasteiger partial charge in [-0.05, 0) is 49.9 Å². The molecule has 3 aliphatic carbocycles. The minimum absolute atomic E-state index is 0.187. The Morgan fingerprint density at radius 3 is 2.81 bits per heavy atom. The van der Waals surface area contributed by atoms with Gasteiger partial charge >= 0.3 is 0 Å². The van der Waals surface area contributed by atoms with Crippen LogP contribution >= 0.6 is 0 Å². The van der Waals surface area contributed by atoms with Gasteiger partial charge in [0.2, 0.25) is 5.91 Å². The number of carbonyl (C=O) groups excluding carboxylic acids is 1. The molecule has 3 saturated carbocycles. The van der Waals surface area contributed by atoms with Crippen LogP contribution in [0.2, 0.25) is 0 Å². The monoisotopic (exact) mass is 287 g/mol. The second-order valence-corrected chi connectivity index (χ2v) is 7.29. The molecular formula is C17H25N3O. The van der Waals surface area contributed by atoms with Crippen LogP contribution in [0.3, 0.4) is 0 Å². The number of fused-ring (bicyclic) bond motifs is 2. The minimum Gasteiger partial charge on any atom is -0.311 e. The summed E-state index contributed by atoms with van der Waals surface area (Å²) in [6.07, 6.45) is 12.9. The molecule has 114 valence electrons. The van der Waals surface area contributed by atoms with Crippen LogP contribution in [-0.4, -0.2) is 15.7 Å². The number of nitrogens with one attached hydrogen (secondary N) is 1. The molecule has 0 unspecified atom stereocenters. The number of rotatable bonds is 4. The number of aromatic nitrogens is 2. The minimum atomic E-state index is 0.187. The van der Waals surface area contributed by atoms with Gasteiger partial charge in [-0.15, -0.1) is 0 Å². The maximum absolute atomic E-state index is 12.4. The van der Waals surface area contributed by atoms with Crippen LogP contribution in [0.15, 0.2) is 12.3 Å². The van der Waals surface area contributed by atoms with E-state index in [-0.39, 0.29) is 5.91 Å². The van der Waals surface area contributed by atoms with Crippen molar-refractivity contribution in [1.29, 1.82) is 0 Å². The fourth-order valence-electron chi connectivity index (χ4n) is 4.91. The molecule has 4 rings (SSSR count). The van der Waals surface area contributed by atoms with E-state index in [0.29, 0.717) is 18.4 Å². The van der Waals surface area contributed by atoms with Crippen LogP contribution in [-0.2, 0) is 4.79 Å². The van der Waals surface area contributed by atoms with Crippen molar-refractivity contribution in [2.75, 3.05) is 5.32 Å². The fraction of sp³-hybridized carbons (Fsp3) is 0.765. The normalized spacial score (nSPS) is 31.9. The van der Waals surface area contributed by atoms with Gasteiger partial charge in [0.25, 0.3) is 0 Å². The Hall–Kier alpha value is -1.32. The maximum atomic E-state index is 12.4. The summed E-state index contributed by atoms with van der Waals surface area (Å²) in [5.74, 6) is 3.45. The van der Waals surface area contributed by atoms with E-state index in [1.165, 1.54) is 51.4 Å². The molecule has 1 amide bonds. The number of amides is 1. The van der Waals surface area contributed by atoms with Crippen LogP contribution in [0, 0.1) is 17.8 Å². The highest BCUT2D eigenvalue weighted by Crippen LogP contribution is 2.49. The second kappa shape index (κ2) is 5.47. The summed E-state index contributed by atoms with van der Waals surface area (Å²) < 4.78 is 2.03. The van der Waals surface area contributed by atoms with Crippen LogP contribution in [0.4, 0.5) is 5.82 Å². The SMILES string of the molecule is O=C(C[C@@H]1C[C@H]2CC[C@H]1C2)Nc1ccnn1C1CCCC1. The zero-order valence-electron chi connectivity index (χ0n) is 12.6. The van der Waals surface area contributed by atoms with Crippen molar-refractivity contribution in [3.05, 3.63) is 12.3 Å². The quantitative estimate of drug-likeness (QED) is 0.916. The number of carbonyl (C=O) groups is 1. The molecule has 21 heavy (non-hydrogen) atoms. The zero-order valence-corrected chi connectivity index (χ0v) is 12.6. The predicted molar refractivity (Wildman–Crippen MR) is 81.9 cm³/mol. The Balaban J connectivity index is 1.37. The first-order chi connectivity index (χ1) is 10.3. The van der Waals surface area contributed by atoms with Gasteiger partial charge in [-0.1, -0.05) is 19.3 Å². The molecule has 3 fully saturated rings. The van der Waals surface area contributed by atoms with Gasteiger partial charge < -0.3 is 5.32 Å². The van der Waals surface area contributed by atoms with E-state index in [4.69, 9.17) is 0 Å². The molecule has 3 aliphatic rings. The molecule has 4 heteroatoms. The molecule has 1 aromatic rings. The molecule has 0 aliphatic heterocycles. The summed E-state index contributed by atoms with van der Waals surface area (Å²) in [6, 6.07) is 2.43. The molecule has 0 radical (unpaired) electrons. The van der Waals surface area contributed by atoms with E-state index >= 15 is 0 Å². The lowest BCUT2D eigenvalue weighted by atomic mass is 9.86. The molecule has 0 saturated heterocycles. The Bertz CT molecular complexity index is 518. The first-order valence-corrected chi connectivity index (χ1v) is 8.63. The molecule has 1 N–H and O–H groups in total. The standard InChI is InChI=1S/C17H25N3O/c21-17(11-14-10-12-5-6-13(14)9-12)19-16-7-8-18-20(16)15-3-1-2-4-15/h7-8,12-15H,1-6,9-11H2,(H,19,21)/t12-,13-,14-/m0/s1. The van der Waals surface area contributed by atoms with Crippen molar-refractivity contribution in [2.45, 2.75) is 63.8 Å². The number of nitrogens with zero attached hydrogens (tertiary/aromatic N) is 2. The number of hydrogen-bond donors (Lipinski definition) is 1. The highest BCUT2D eigenvalue weighted by molar-refractivity contribution is 5.90. The Kier molecular flexibility index (Phi) is 3.48. The van der Waals surface area contributed by atoms with Crippen LogP contribution in [0.1, 0.15) is 63.8 Å². The topological polar surface area (TPSA) is 46.9 Å². The highest BCUT2D eigenvalue weighted by atomic mass is 16.1. The summed E-state index contributed by atoms with van der Waals surface area (Å²) in [6.45, 7) is 0. The van der Waals surface area contributed by atoms with Gasteiger partial charge in [-0.2, -0.15) is 5.10 Å². The summed E-state index contributed by atoms with van der Waals surface area (Å²) >= 11 is 0. The molecule has 4 nitrogen and oxygen atoms in total. The van der Waals surface area contributed by atoms with Crippen LogP contribution in [0.5, 0.6) is 0 Å². The third-order valence-corrected chi connectivity index (χ3v) is 5.94. The van der Waals surface area contributed by atoms with Gasteiger partial charge in [0.15, 0.2) is 0 Å². The molecule has 1 aromatic heterocycles.